The predicted molar refractivity (Wildman–Crippen MR) is 106 cm³/mol. The topological polar surface area (TPSA) is 76.0 Å². The summed E-state index contributed by atoms with van der Waals surface area (Å²) >= 11 is 0. The number of amides is 2. The highest BCUT2D eigenvalue weighted by molar-refractivity contribution is 6.03. The number of nitrogens with one attached hydrogen (secondary N) is 2. The second-order valence-electron chi connectivity index (χ2n) is 8.37. The van der Waals surface area contributed by atoms with Crippen LogP contribution in [0.15, 0.2) is 18.2 Å². The maximum absolute atomic E-state index is 12.9. The molecule has 0 bridgehead atoms. The monoisotopic (exact) mass is 368 g/mol. The number of carbonyl (C=O) groups excluding carboxylic acids is 2. The van der Waals surface area contributed by atoms with E-state index in [0.29, 0.717) is 18.1 Å². The van der Waals surface area contributed by atoms with Gasteiger partial charge in [-0.25, -0.2) is 4.98 Å². The van der Waals surface area contributed by atoms with Crippen molar-refractivity contribution in [1.82, 2.24) is 14.9 Å². The van der Waals surface area contributed by atoms with E-state index in [-0.39, 0.29) is 17.4 Å². The van der Waals surface area contributed by atoms with Gasteiger partial charge in [0.15, 0.2) is 5.82 Å². The fraction of sp³-hybridized carbons (Fsp3) is 0.476. The summed E-state index contributed by atoms with van der Waals surface area (Å²) in [7, 11) is 0. The maximum atomic E-state index is 12.9. The molecular formula is C21H28N4O2. The highest BCUT2D eigenvalue weighted by atomic mass is 16.2. The van der Waals surface area contributed by atoms with E-state index in [9.17, 15) is 9.59 Å². The molecule has 1 aliphatic rings. The Morgan fingerprint density at radius 3 is 2.33 bits per heavy atom. The Kier molecular flexibility index (Phi) is 5.09. The third-order valence-corrected chi connectivity index (χ3v) is 4.50. The molecule has 6 nitrogen and oxygen atoms in total. The molecule has 144 valence electrons. The lowest BCUT2D eigenvalue weighted by Crippen LogP contribution is -2.41. The number of aromatic nitrogens is 2. The summed E-state index contributed by atoms with van der Waals surface area (Å²) in [4.78, 5) is 30.1. The Labute approximate surface area is 160 Å². The van der Waals surface area contributed by atoms with Gasteiger partial charge in [0.2, 0.25) is 0 Å². The fourth-order valence-electron chi connectivity index (χ4n) is 3.53. The number of nitrogens with zero attached hydrogens (tertiary/aromatic N) is 2. The van der Waals surface area contributed by atoms with Crippen LogP contribution in [0.1, 0.15) is 71.5 Å². The molecule has 2 amide bonds. The van der Waals surface area contributed by atoms with Crippen molar-refractivity contribution >= 4 is 17.5 Å². The average Bonchev–Trinajstić information content (AvgIpc) is 2.92. The number of carbonyl (C=O) groups is 2. The minimum Gasteiger partial charge on any atom is -0.346 e. The molecule has 0 aliphatic carbocycles. The van der Waals surface area contributed by atoms with Gasteiger partial charge in [-0.1, -0.05) is 6.07 Å². The van der Waals surface area contributed by atoms with Crippen molar-refractivity contribution in [3.8, 4) is 0 Å². The van der Waals surface area contributed by atoms with Gasteiger partial charge >= 0.3 is 0 Å². The summed E-state index contributed by atoms with van der Waals surface area (Å²) in [6.07, 6.45) is 2.74. The molecule has 0 saturated carbocycles. The third-order valence-electron chi connectivity index (χ3n) is 4.50. The largest absolute Gasteiger partial charge is 0.346 e. The summed E-state index contributed by atoms with van der Waals surface area (Å²) in [6, 6.07) is 5.92. The molecule has 0 atom stereocenters. The van der Waals surface area contributed by atoms with Gasteiger partial charge in [0.25, 0.3) is 11.8 Å². The molecule has 0 spiro atoms. The number of fused-ring (bicyclic) bond motifs is 1. The van der Waals surface area contributed by atoms with Gasteiger partial charge in [0.1, 0.15) is 5.69 Å². The van der Waals surface area contributed by atoms with E-state index in [0.717, 1.165) is 41.8 Å². The van der Waals surface area contributed by atoms with Crippen LogP contribution in [-0.4, -0.2) is 26.9 Å². The van der Waals surface area contributed by atoms with Crippen molar-refractivity contribution in [3.63, 3.8) is 0 Å². The summed E-state index contributed by atoms with van der Waals surface area (Å²) in [5.74, 6) is -0.195. The zero-order chi connectivity index (χ0) is 19.8. The van der Waals surface area contributed by atoms with E-state index in [1.807, 2.05) is 51.3 Å². The summed E-state index contributed by atoms with van der Waals surface area (Å²) in [5, 5.41) is 5.89. The lowest BCUT2D eigenvalue weighted by Gasteiger charge is -2.21. The number of rotatable bonds is 3. The fourth-order valence-corrected chi connectivity index (χ4v) is 3.53. The van der Waals surface area contributed by atoms with Gasteiger partial charge in [-0.2, -0.15) is 0 Å². The van der Waals surface area contributed by atoms with Gasteiger partial charge < -0.3 is 15.2 Å². The van der Waals surface area contributed by atoms with Crippen molar-refractivity contribution in [2.24, 2.45) is 0 Å². The number of hydrogen-bond acceptors (Lipinski definition) is 3. The minimum atomic E-state index is -0.357. The van der Waals surface area contributed by atoms with Crippen LogP contribution < -0.4 is 10.6 Å². The molecule has 0 fully saturated rings. The van der Waals surface area contributed by atoms with Crippen LogP contribution >= 0.6 is 0 Å². The molecule has 1 aromatic carbocycles. The van der Waals surface area contributed by atoms with Crippen molar-refractivity contribution in [2.45, 2.75) is 66.0 Å². The van der Waals surface area contributed by atoms with Gasteiger partial charge in [-0.15, -0.1) is 0 Å². The van der Waals surface area contributed by atoms with Crippen LogP contribution in [0.2, 0.25) is 0 Å². The molecule has 2 aromatic rings. The van der Waals surface area contributed by atoms with E-state index in [2.05, 4.69) is 21.7 Å². The Bertz CT molecular complexity index is 870. The highest BCUT2D eigenvalue weighted by Crippen LogP contribution is 2.23. The lowest BCUT2D eigenvalue weighted by molar-refractivity contribution is 0.0913. The van der Waals surface area contributed by atoms with Crippen LogP contribution in [0.3, 0.4) is 0 Å². The first-order valence-corrected chi connectivity index (χ1v) is 9.45. The number of imidazole rings is 1. The molecule has 27 heavy (non-hydrogen) atoms. The predicted octanol–water partition coefficient (Wildman–Crippen LogP) is 3.62. The van der Waals surface area contributed by atoms with Crippen LogP contribution in [0.25, 0.3) is 0 Å². The van der Waals surface area contributed by atoms with E-state index >= 15 is 0 Å². The SMILES string of the molecule is Cc1cc(C)cc(NC(=O)c2nc(C(=O)NC(C)(C)C)c3n2CCCC3)c1. The average molecular weight is 368 g/mol. The van der Waals surface area contributed by atoms with Gasteiger partial charge in [0, 0.05) is 17.8 Å². The first-order valence-electron chi connectivity index (χ1n) is 9.45. The lowest BCUT2D eigenvalue weighted by atomic mass is 10.1. The molecule has 0 unspecified atom stereocenters. The normalized spacial score (nSPS) is 13.8. The zero-order valence-corrected chi connectivity index (χ0v) is 16.8. The second kappa shape index (κ2) is 7.18. The Morgan fingerprint density at radius 1 is 1.04 bits per heavy atom. The summed E-state index contributed by atoms with van der Waals surface area (Å²) in [6.45, 7) is 10.5. The summed E-state index contributed by atoms with van der Waals surface area (Å²) in [5.41, 5.74) is 3.78. The van der Waals surface area contributed by atoms with E-state index in [4.69, 9.17) is 0 Å². The number of aryl methyl sites for hydroxylation is 2. The van der Waals surface area contributed by atoms with Gasteiger partial charge in [-0.3, -0.25) is 9.59 Å². The van der Waals surface area contributed by atoms with E-state index < -0.39 is 0 Å². The first kappa shape index (κ1) is 19.1. The Hall–Kier alpha value is -2.63. The van der Waals surface area contributed by atoms with Crippen LogP contribution in [0, 0.1) is 13.8 Å². The Morgan fingerprint density at radius 2 is 1.70 bits per heavy atom. The molecule has 6 heteroatoms. The van der Waals surface area contributed by atoms with Gasteiger partial charge in [0.05, 0.1) is 5.69 Å². The molecular weight excluding hydrogens is 340 g/mol. The van der Waals surface area contributed by atoms with E-state index in [1.54, 1.807) is 0 Å². The third kappa shape index (κ3) is 4.38. The quantitative estimate of drug-likeness (QED) is 0.869. The van der Waals surface area contributed by atoms with Crippen LogP contribution in [0.4, 0.5) is 5.69 Å². The zero-order valence-electron chi connectivity index (χ0n) is 16.8. The minimum absolute atomic E-state index is 0.224. The molecule has 1 aliphatic heterocycles. The number of benzene rings is 1. The van der Waals surface area contributed by atoms with Crippen molar-refractivity contribution in [1.29, 1.82) is 0 Å². The second-order valence-corrected chi connectivity index (χ2v) is 8.37. The molecule has 0 saturated heterocycles. The maximum Gasteiger partial charge on any atom is 0.291 e. The number of anilines is 1. The van der Waals surface area contributed by atoms with Crippen LogP contribution in [-0.2, 0) is 13.0 Å². The standard InChI is InChI=1S/C21H28N4O2/c1-13-10-14(2)12-15(11-13)22-20(27)18-23-17(19(26)24-21(3,4)5)16-8-6-7-9-25(16)18/h10-12H,6-9H2,1-5H3,(H,22,27)(H,24,26). The molecule has 3 rings (SSSR count). The molecule has 1 aromatic heterocycles. The molecule has 2 N–H and O–H groups in total. The summed E-state index contributed by atoms with van der Waals surface area (Å²) < 4.78 is 1.90. The van der Waals surface area contributed by atoms with Crippen LogP contribution in [0.5, 0.6) is 0 Å². The van der Waals surface area contributed by atoms with E-state index in [1.165, 1.54) is 0 Å². The molecule has 0 radical (unpaired) electrons. The van der Waals surface area contributed by atoms with Crippen molar-refractivity contribution in [3.05, 3.63) is 46.5 Å². The Balaban J connectivity index is 1.93. The van der Waals surface area contributed by atoms with Crippen molar-refractivity contribution in [2.75, 3.05) is 5.32 Å². The number of hydrogen-bond donors (Lipinski definition) is 2. The smallest absolute Gasteiger partial charge is 0.291 e. The van der Waals surface area contributed by atoms with Gasteiger partial charge in [-0.05, 0) is 77.1 Å². The molecule has 2 heterocycles. The highest BCUT2D eigenvalue weighted by Gasteiger charge is 2.29. The van der Waals surface area contributed by atoms with Crippen molar-refractivity contribution < 1.29 is 9.59 Å². The first-order chi connectivity index (χ1) is 12.6.